The van der Waals surface area contributed by atoms with Crippen LogP contribution in [0.3, 0.4) is 0 Å². The number of carboxylic acid groups (broad SMARTS) is 1. The lowest BCUT2D eigenvalue weighted by molar-refractivity contribution is -0.142. The average molecular weight is 306 g/mol. The Kier molecular flexibility index (Phi) is 6.10. The van der Waals surface area contributed by atoms with Crippen LogP contribution in [0.25, 0.3) is 0 Å². The highest BCUT2D eigenvalue weighted by atomic mass is 32.2. The van der Waals surface area contributed by atoms with Crippen LogP contribution >= 0.6 is 11.8 Å². The number of thioether (sulfide) groups is 1. The zero-order chi connectivity index (χ0) is 16.0. The largest absolute Gasteiger partial charge is 0.481 e. The maximum absolute atomic E-state index is 11.4. The van der Waals surface area contributed by atoms with Gasteiger partial charge in [-0.3, -0.25) is 4.79 Å². The van der Waals surface area contributed by atoms with Crippen molar-refractivity contribution in [2.75, 3.05) is 18.1 Å². The van der Waals surface area contributed by atoms with E-state index >= 15 is 0 Å². The molecule has 114 valence electrons. The van der Waals surface area contributed by atoms with E-state index in [2.05, 4.69) is 11.4 Å². The second-order valence-electron chi connectivity index (χ2n) is 6.18. The molecule has 5 heteroatoms. The summed E-state index contributed by atoms with van der Waals surface area (Å²) < 4.78 is 0. The minimum Gasteiger partial charge on any atom is -0.481 e. The van der Waals surface area contributed by atoms with Gasteiger partial charge in [0.25, 0.3) is 0 Å². The van der Waals surface area contributed by atoms with Crippen LogP contribution in [0, 0.1) is 22.7 Å². The summed E-state index contributed by atoms with van der Waals surface area (Å²) in [5.41, 5.74) is 1.22. The molecule has 0 aliphatic carbocycles. The van der Waals surface area contributed by atoms with E-state index in [4.69, 9.17) is 0 Å². The number of anilines is 1. The van der Waals surface area contributed by atoms with E-state index in [-0.39, 0.29) is 5.41 Å². The van der Waals surface area contributed by atoms with Crippen LogP contribution < -0.4 is 5.32 Å². The third-order valence-corrected chi connectivity index (χ3v) is 3.88. The Morgan fingerprint density at radius 3 is 2.62 bits per heavy atom. The smallest absolute Gasteiger partial charge is 0.308 e. The third kappa shape index (κ3) is 5.31. The number of rotatable bonds is 6. The highest BCUT2D eigenvalue weighted by molar-refractivity contribution is 7.98. The number of carbonyl (C=O) groups is 1. The van der Waals surface area contributed by atoms with Crippen LogP contribution in [-0.2, 0) is 4.79 Å². The zero-order valence-electron chi connectivity index (χ0n) is 12.9. The highest BCUT2D eigenvalue weighted by Gasteiger charge is 2.24. The SMILES string of the molecule is CSc1cccc(NCC(CC(C)(C)C)C(=O)O)c1C#N. The first-order chi connectivity index (χ1) is 9.78. The monoisotopic (exact) mass is 306 g/mol. The number of nitrogens with one attached hydrogen (secondary N) is 1. The van der Waals surface area contributed by atoms with Crippen LogP contribution in [0.2, 0.25) is 0 Å². The molecule has 1 atom stereocenters. The highest BCUT2D eigenvalue weighted by Crippen LogP contribution is 2.28. The molecule has 4 nitrogen and oxygen atoms in total. The van der Waals surface area contributed by atoms with Gasteiger partial charge in [-0.05, 0) is 30.2 Å². The molecular weight excluding hydrogens is 284 g/mol. The normalized spacial score (nSPS) is 12.5. The van der Waals surface area contributed by atoms with Crippen LogP contribution in [-0.4, -0.2) is 23.9 Å². The Hall–Kier alpha value is -1.67. The maximum Gasteiger partial charge on any atom is 0.308 e. The summed E-state index contributed by atoms with van der Waals surface area (Å²) >= 11 is 1.51. The Morgan fingerprint density at radius 1 is 1.48 bits per heavy atom. The van der Waals surface area contributed by atoms with E-state index in [1.807, 2.05) is 45.2 Å². The third-order valence-electron chi connectivity index (χ3n) is 3.10. The Labute approximate surface area is 130 Å². The maximum atomic E-state index is 11.4. The molecule has 0 aromatic heterocycles. The van der Waals surface area contributed by atoms with Gasteiger partial charge in [0.05, 0.1) is 17.2 Å². The fourth-order valence-corrected chi connectivity index (χ4v) is 2.76. The van der Waals surface area contributed by atoms with Gasteiger partial charge >= 0.3 is 5.97 Å². The number of nitrogens with zero attached hydrogens (tertiary/aromatic N) is 1. The lowest BCUT2D eigenvalue weighted by atomic mass is 9.84. The topological polar surface area (TPSA) is 73.1 Å². The Balaban J connectivity index is 2.86. The van der Waals surface area contributed by atoms with Crippen LogP contribution in [0.4, 0.5) is 5.69 Å². The Morgan fingerprint density at radius 2 is 2.14 bits per heavy atom. The molecule has 1 rings (SSSR count). The van der Waals surface area contributed by atoms with Gasteiger partial charge in [-0.15, -0.1) is 11.8 Å². The molecule has 0 aliphatic heterocycles. The molecule has 0 saturated heterocycles. The number of nitriles is 1. The zero-order valence-corrected chi connectivity index (χ0v) is 13.8. The van der Waals surface area contributed by atoms with Gasteiger partial charge in [0.15, 0.2) is 0 Å². The van der Waals surface area contributed by atoms with Crippen LogP contribution in [0.15, 0.2) is 23.1 Å². The quantitative estimate of drug-likeness (QED) is 0.781. The van der Waals surface area contributed by atoms with Crippen molar-refractivity contribution in [2.45, 2.75) is 32.1 Å². The summed E-state index contributed by atoms with van der Waals surface area (Å²) in [6.45, 7) is 6.40. The van der Waals surface area contributed by atoms with E-state index in [0.717, 1.165) is 4.90 Å². The molecule has 0 bridgehead atoms. The summed E-state index contributed by atoms with van der Waals surface area (Å²) in [5, 5.41) is 21.7. The summed E-state index contributed by atoms with van der Waals surface area (Å²) in [6.07, 6.45) is 2.50. The minimum atomic E-state index is -0.808. The van der Waals surface area contributed by atoms with E-state index in [0.29, 0.717) is 24.2 Å². The number of aliphatic carboxylic acids is 1. The second-order valence-corrected chi connectivity index (χ2v) is 7.02. The fourth-order valence-electron chi connectivity index (χ4n) is 2.18. The second kappa shape index (κ2) is 7.37. The van der Waals surface area contributed by atoms with Gasteiger partial charge in [0, 0.05) is 11.4 Å². The molecule has 21 heavy (non-hydrogen) atoms. The van der Waals surface area contributed by atoms with Crippen molar-refractivity contribution in [3.05, 3.63) is 23.8 Å². The van der Waals surface area contributed by atoms with Gasteiger partial charge in [0.2, 0.25) is 0 Å². The first-order valence-corrected chi connectivity index (χ1v) is 8.04. The number of hydrogen-bond acceptors (Lipinski definition) is 4. The Bertz CT molecular complexity index is 544. The lowest BCUT2D eigenvalue weighted by Crippen LogP contribution is -2.27. The summed E-state index contributed by atoms with van der Waals surface area (Å²) in [6, 6.07) is 7.76. The molecule has 0 heterocycles. The van der Waals surface area contributed by atoms with Gasteiger partial charge in [0.1, 0.15) is 6.07 Å². The van der Waals surface area contributed by atoms with Crippen molar-refractivity contribution < 1.29 is 9.90 Å². The van der Waals surface area contributed by atoms with Crippen molar-refractivity contribution in [3.8, 4) is 6.07 Å². The molecule has 1 aromatic carbocycles. The first-order valence-electron chi connectivity index (χ1n) is 6.82. The summed E-state index contributed by atoms with van der Waals surface area (Å²) in [5.74, 6) is -1.29. The van der Waals surface area contributed by atoms with Gasteiger partial charge < -0.3 is 10.4 Å². The average Bonchev–Trinajstić information content (AvgIpc) is 2.41. The van der Waals surface area contributed by atoms with Crippen molar-refractivity contribution in [1.82, 2.24) is 0 Å². The molecule has 0 aliphatic rings. The summed E-state index contributed by atoms with van der Waals surface area (Å²) in [4.78, 5) is 12.3. The van der Waals surface area contributed by atoms with Crippen LogP contribution in [0.5, 0.6) is 0 Å². The van der Waals surface area contributed by atoms with Gasteiger partial charge in [-0.1, -0.05) is 26.8 Å². The van der Waals surface area contributed by atoms with Crippen molar-refractivity contribution in [2.24, 2.45) is 11.3 Å². The molecular formula is C16H22N2O2S. The lowest BCUT2D eigenvalue weighted by Gasteiger charge is -2.24. The van der Waals surface area contributed by atoms with E-state index < -0.39 is 11.9 Å². The summed E-state index contributed by atoms with van der Waals surface area (Å²) in [7, 11) is 0. The fraction of sp³-hybridized carbons (Fsp3) is 0.500. The number of carboxylic acids is 1. The molecule has 0 amide bonds. The molecule has 0 saturated carbocycles. The van der Waals surface area contributed by atoms with Crippen molar-refractivity contribution in [1.29, 1.82) is 5.26 Å². The standard InChI is InChI=1S/C16H22N2O2S/c1-16(2,3)8-11(15(19)20)10-18-13-6-5-7-14(21-4)12(13)9-17/h5-7,11,18H,8,10H2,1-4H3,(H,19,20). The minimum absolute atomic E-state index is 0.0517. The van der Waals surface area contributed by atoms with Crippen molar-refractivity contribution >= 4 is 23.4 Å². The predicted octanol–water partition coefficient (Wildman–Crippen LogP) is 3.83. The number of benzene rings is 1. The van der Waals surface area contributed by atoms with Crippen LogP contribution in [0.1, 0.15) is 32.8 Å². The van der Waals surface area contributed by atoms with Gasteiger partial charge in [-0.25, -0.2) is 0 Å². The molecule has 0 fully saturated rings. The molecule has 0 spiro atoms. The van der Waals surface area contributed by atoms with E-state index in [1.54, 1.807) is 0 Å². The molecule has 0 radical (unpaired) electrons. The first kappa shape index (κ1) is 17.4. The molecule has 1 aromatic rings. The van der Waals surface area contributed by atoms with E-state index in [9.17, 15) is 15.2 Å². The van der Waals surface area contributed by atoms with Gasteiger partial charge in [-0.2, -0.15) is 5.26 Å². The molecule has 1 unspecified atom stereocenters. The molecule has 2 N–H and O–H groups in total. The predicted molar refractivity (Wildman–Crippen MR) is 86.6 cm³/mol. The van der Waals surface area contributed by atoms with E-state index in [1.165, 1.54) is 11.8 Å². The van der Waals surface area contributed by atoms with Crippen molar-refractivity contribution in [3.63, 3.8) is 0 Å². The number of hydrogen-bond donors (Lipinski definition) is 2.